The fraction of sp³-hybridized carbons (Fsp3) is 0.700. The third kappa shape index (κ3) is 2.90. The molecule has 4 nitrogen and oxygen atoms in total. The summed E-state index contributed by atoms with van der Waals surface area (Å²) >= 11 is 1.51. The van der Waals surface area contributed by atoms with Crippen molar-refractivity contribution in [3.05, 3.63) is 11.1 Å². The van der Waals surface area contributed by atoms with Crippen LogP contribution < -0.4 is 5.73 Å². The highest BCUT2D eigenvalue weighted by molar-refractivity contribution is 7.13. The Morgan fingerprint density at radius 3 is 3.27 bits per heavy atom. The lowest BCUT2D eigenvalue weighted by Crippen LogP contribution is -2.41. The first kappa shape index (κ1) is 10.9. The predicted molar refractivity (Wildman–Crippen MR) is 61.8 cm³/mol. The van der Waals surface area contributed by atoms with Gasteiger partial charge in [-0.05, 0) is 6.42 Å². The lowest BCUT2D eigenvalue weighted by molar-refractivity contribution is -0.0327. The molecule has 0 radical (unpaired) electrons. The minimum atomic E-state index is 0.384. The first-order valence-corrected chi connectivity index (χ1v) is 6.19. The summed E-state index contributed by atoms with van der Waals surface area (Å²) in [4.78, 5) is 6.65. The number of anilines is 1. The van der Waals surface area contributed by atoms with Gasteiger partial charge in [0.25, 0.3) is 0 Å². The molecule has 0 aromatic carbocycles. The first-order valence-electron chi connectivity index (χ1n) is 5.31. The summed E-state index contributed by atoms with van der Waals surface area (Å²) in [7, 11) is 0. The summed E-state index contributed by atoms with van der Waals surface area (Å²) in [6, 6.07) is 0. The molecule has 15 heavy (non-hydrogen) atoms. The number of thiazole rings is 1. The Balaban J connectivity index is 1.88. The normalized spacial score (nSPS) is 23.1. The van der Waals surface area contributed by atoms with Gasteiger partial charge >= 0.3 is 0 Å². The zero-order chi connectivity index (χ0) is 10.7. The van der Waals surface area contributed by atoms with E-state index in [9.17, 15) is 0 Å². The van der Waals surface area contributed by atoms with Crippen LogP contribution in [-0.2, 0) is 11.3 Å². The highest BCUT2D eigenvalue weighted by atomic mass is 32.1. The van der Waals surface area contributed by atoms with Gasteiger partial charge in [-0.3, -0.25) is 4.90 Å². The van der Waals surface area contributed by atoms with Crippen molar-refractivity contribution in [2.45, 2.75) is 26.0 Å². The van der Waals surface area contributed by atoms with Crippen molar-refractivity contribution in [3.63, 3.8) is 0 Å². The Morgan fingerprint density at radius 1 is 1.73 bits per heavy atom. The quantitative estimate of drug-likeness (QED) is 0.846. The molecule has 2 rings (SSSR count). The molecule has 2 N–H and O–H groups in total. The molecule has 2 heterocycles. The summed E-state index contributed by atoms with van der Waals surface area (Å²) in [5, 5.41) is 2.69. The van der Waals surface area contributed by atoms with Gasteiger partial charge in [0.2, 0.25) is 0 Å². The van der Waals surface area contributed by atoms with Gasteiger partial charge in [0.05, 0.1) is 18.4 Å². The average molecular weight is 227 g/mol. The molecule has 1 aromatic rings. The molecule has 0 aliphatic carbocycles. The molecule has 0 saturated carbocycles. The van der Waals surface area contributed by atoms with E-state index >= 15 is 0 Å². The summed E-state index contributed by atoms with van der Waals surface area (Å²) in [6.07, 6.45) is 1.46. The van der Waals surface area contributed by atoms with Gasteiger partial charge in [0.15, 0.2) is 5.13 Å². The summed E-state index contributed by atoms with van der Waals surface area (Å²) in [5.41, 5.74) is 6.68. The van der Waals surface area contributed by atoms with Gasteiger partial charge in [-0.1, -0.05) is 6.92 Å². The van der Waals surface area contributed by atoms with Gasteiger partial charge in [-0.25, -0.2) is 4.98 Å². The maximum Gasteiger partial charge on any atom is 0.180 e. The Morgan fingerprint density at radius 2 is 2.60 bits per heavy atom. The molecule has 1 aliphatic rings. The molecule has 0 spiro atoms. The van der Waals surface area contributed by atoms with Crippen LogP contribution in [0.1, 0.15) is 19.0 Å². The van der Waals surface area contributed by atoms with Crippen LogP contribution in [-0.4, -0.2) is 35.7 Å². The van der Waals surface area contributed by atoms with Crippen molar-refractivity contribution >= 4 is 16.5 Å². The number of hydrogen-bond donors (Lipinski definition) is 1. The van der Waals surface area contributed by atoms with E-state index in [4.69, 9.17) is 10.5 Å². The zero-order valence-electron chi connectivity index (χ0n) is 8.98. The van der Waals surface area contributed by atoms with Crippen molar-refractivity contribution in [2.75, 3.05) is 25.4 Å². The lowest BCUT2D eigenvalue weighted by atomic mass is 10.2. The Kier molecular flexibility index (Phi) is 3.56. The molecule has 1 fully saturated rings. The monoisotopic (exact) mass is 227 g/mol. The number of rotatable bonds is 3. The minimum Gasteiger partial charge on any atom is -0.376 e. The van der Waals surface area contributed by atoms with Crippen LogP contribution in [0, 0.1) is 0 Å². The van der Waals surface area contributed by atoms with Crippen molar-refractivity contribution in [2.24, 2.45) is 0 Å². The minimum absolute atomic E-state index is 0.384. The van der Waals surface area contributed by atoms with Gasteiger partial charge in [-0.15, -0.1) is 11.3 Å². The second kappa shape index (κ2) is 4.92. The SMILES string of the molecule is CCC1CN(Cc2csc(N)n2)CCO1. The van der Waals surface area contributed by atoms with Gasteiger partial charge < -0.3 is 10.5 Å². The van der Waals surface area contributed by atoms with Crippen molar-refractivity contribution < 1.29 is 4.74 Å². The van der Waals surface area contributed by atoms with Crippen LogP contribution in [0.3, 0.4) is 0 Å². The van der Waals surface area contributed by atoms with E-state index in [0.29, 0.717) is 11.2 Å². The van der Waals surface area contributed by atoms with Gasteiger partial charge in [0.1, 0.15) is 0 Å². The van der Waals surface area contributed by atoms with E-state index in [1.165, 1.54) is 11.3 Å². The van der Waals surface area contributed by atoms with Crippen LogP contribution in [0.25, 0.3) is 0 Å². The number of nitrogens with two attached hydrogens (primary N) is 1. The van der Waals surface area contributed by atoms with E-state index < -0.39 is 0 Å². The molecule has 84 valence electrons. The maximum atomic E-state index is 5.62. The van der Waals surface area contributed by atoms with E-state index in [0.717, 1.165) is 38.4 Å². The number of morpholine rings is 1. The van der Waals surface area contributed by atoms with E-state index in [2.05, 4.69) is 16.8 Å². The highest BCUT2D eigenvalue weighted by Crippen LogP contribution is 2.15. The Hall–Kier alpha value is -0.650. The Labute approximate surface area is 94.1 Å². The van der Waals surface area contributed by atoms with E-state index in [1.807, 2.05) is 5.38 Å². The smallest absolute Gasteiger partial charge is 0.180 e. The standard InChI is InChI=1S/C10H17N3OS/c1-2-9-6-13(3-4-14-9)5-8-7-15-10(11)12-8/h7,9H,2-6H2,1H3,(H2,11,12). The Bertz CT molecular complexity index is 315. The zero-order valence-corrected chi connectivity index (χ0v) is 9.80. The number of nitrogens with zero attached hydrogens (tertiary/aromatic N) is 2. The second-order valence-corrected chi connectivity index (χ2v) is 4.70. The number of nitrogen functional groups attached to an aromatic ring is 1. The van der Waals surface area contributed by atoms with Gasteiger partial charge in [-0.2, -0.15) is 0 Å². The molecule has 5 heteroatoms. The topological polar surface area (TPSA) is 51.4 Å². The molecule has 0 bridgehead atoms. The molecule has 1 saturated heterocycles. The fourth-order valence-corrected chi connectivity index (χ4v) is 2.35. The molecule has 0 amide bonds. The van der Waals surface area contributed by atoms with Crippen LogP contribution in [0.15, 0.2) is 5.38 Å². The number of hydrogen-bond acceptors (Lipinski definition) is 5. The van der Waals surface area contributed by atoms with Crippen LogP contribution >= 0.6 is 11.3 Å². The molecule has 1 aromatic heterocycles. The highest BCUT2D eigenvalue weighted by Gasteiger charge is 2.19. The van der Waals surface area contributed by atoms with Crippen LogP contribution in [0.4, 0.5) is 5.13 Å². The molecule has 1 aliphatic heterocycles. The average Bonchev–Trinajstić information content (AvgIpc) is 2.64. The van der Waals surface area contributed by atoms with Crippen LogP contribution in [0.5, 0.6) is 0 Å². The molecular weight excluding hydrogens is 210 g/mol. The molecule has 1 unspecified atom stereocenters. The predicted octanol–water partition coefficient (Wildman–Crippen LogP) is 1.34. The van der Waals surface area contributed by atoms with Crippen molar-refractivity contribution in [1.29, 1.82) is 0 Å². The maximum absolute atomic E-state index is 5.62. The van der Waals surface area contributed by atoms with Crippen molar-refractivity contribution in [1.82, 2.24) is 9.88 Å². The van der Waals surface area contributed by atoms with Crippen LogP contribution in [0.2, 0.25) is 0 Å². The third-order valence-corrected chi connectivity index (χ3v) is 3.36. The largest absolute Gasteiger partial charge is 0.376 e. The summed E-state index contributed by atoms with van der Waals surface area (Å²) < 4.78 is 5.62. The number of aromatic nitrogens is 1. The molecule has 1 atom stereocenters. The molecular formula is C10H17N3OS. The summed E-state index contributed by atoms with van der Waals surface area (Å²) in [6.45, 7) is 5.89. The third-order valence-electron chi connectivity index (χ3n) is 2.63. The number of ether oxygens (including phenoxy) is 1. The van der Waals surface area contributed by atoms with E-state index in [1.54, 1.807) is 0 Å². The summed E-state index contributed by atoms with van der Waals surface area (Å²) in [5.74, 6) is 0. The lowest BCUT2D eigenvalue weighted by Gasteiger charge is -2.31. The van der Waals surface area contributed by atoms with Gasteiger partial charge in [0, 0.05) is 25.0 Å². The fourth-order valence-electron chi connectivity index (χ4n) is 1.80. The first-order chi connectivity index (χ1) is 7.28. The van der Waals surface area contributed by atoms with Crippen molar-refractivity contribution in [3.8, 4) is 0 Å². The second-order valence-electron chi connectivity index (χ2n) is 3.81. The van der Waals surface area contributed by atoms with E-state index in [-0.39, 0.29) is 0 Å².